The summed E-state index contributed by atoms with van der Waals surface area (Å²) in [6.45, 7) is 0.592. The minimum atomic E-state index is -0.231. The van der Waals surface area contributed by atoms with Gasteiger partial charge >= 0.3 is 0 Å². The first-order valence-corrected chi connectivity index (χ1v) is 6.06. The lowest BCUT2D eigenvalue weighted by Gasteiger charge is -2.03. The molecule has 0 bridgehead atoms. The van der Waals surface area contributed by atoms with Crippen LogP contribution in [0.5, 0.6) is 0 Å². The summed E-state index contributed by atoms with van der Waals surface area (Å²) in [6, 6.07) is 8.34. The minimum absolute atomic E-state index is 0.231. The van der Waals surface area contributed by atoms with E-state index in [1.165, 1.54) is 11.1 Å². The van der Waals surface area contributed by atoms with Crippen molar-refractivity contribution in [3.8, 4) is 0 Å². The van der Waals surface area contributed by atoms with Crippen molar-refractivity contribution in [3.63, 3.8) is 0 Å². The average molecular weight is 240 g/mol. The van der Waals surface area contributed by atoms with Gasteiger partial charge in [-0.25, -0.2) is 0 Å². The summed E-state index contributed by atoms with van der Waals surface area (Å²) in [5.41, 5.74) is 8.07. The monoisotopic (exact) mass is 239 g/mol. The molecule has 0 saturated heterocycles. The van der Waals surface area contributed by atoms with Crippen molar-refractivity contribution in [2.75, 3.05) is 0 Å². The first-order valence-electron chi connectivity index (χ1n) is 5.68. The molecule has 1 rings (SSSR count). The van der Waals surface area contributed by atoms with Gasteiger partial charge in [0.15, 0.2) is 0 Å². The molecule has 0 aliphatic rings. The van der Waals surface area contributed by atoms with Crippen molar-refractivity contribution in [1.29, 1.82) is 0 Å². The molecule has 0 saturated carbocycles. The van der Waals surface area contributed by atoms with E-state index in [0.717, 1.165) is 25.7 Å². The van der Waals surface area contributed by atoms with E-state index in [1.54, 1.807) is 0 Å². The van der Waals surface area contributed by atoms with Gasteiger partial charge in [-0.1, -0.05) is 30.7 Å². The Morgan fingerprint density at radius 1 is 1.19 bits per heavy atom. The Balaban J connectivity index is 2.23. The van der Waals surface area contributed by atoms with Crippen molar-refractivity contribution >= 4 is 16.8 Å². The molecule has 0 aromatic heterocycles. The van der Waals surface area contributed by atoms with E-state index in [1.807, 2.05) is 12.1 Å². The molecule has 0 fully saturated rings. The van der Waals surface area contributed by atoms with Crippen LogP contribution in [0.25, 0.3) is 0 Å². The second-order valence-corrected chi connectivity index (χ2v) is 4.36. The third kappa shape index (κ3) is 5.29. The van der Waals surface area contributed by atoms with Crippen molar-refractivity contribution < 1.29 is 4.79 Å². The zero-order chi connectivity index (χ0) is 11.8. The van der Waals surface area contributed by atoms with Crippen molar-refractivity contribution in [2.24, 2.45) is 5.73 Å². The van der Waals surface area contributed by atoms with Crippen LogP contribution in [0, 0.1) is 0 Å². The summed E-state index contributed by atoms with van der Waals surface area (Å²) in [6.07, 6.45) is 4.57. The second-order valence-electron chi connectivity index (χ2n) is 3.94. The molecule has 0 atom stereocenters. The van der Waals surface area contributed by atoms with Gasteiger partial charge in [0.2, 0.25) is 5.24 Å². The maximum absolute atomic E-state index is 10.5. The van der Waals surface area contributed by atoms with E-state index >= 15 is 0 Å². The average Bonchev–Trinajstić information content (AvgIpc) is 2.28. The van der Waals surface area contributed by atoms with Crippen LogP contribution in [0.1, 0.15) is 36.8 Å². The molecule has 2 nitrogen and oxygen atoms in total. The summed E-state index contributed by atoms with van der Waals surface area (Å²) in [4.78, 5) is 10.5. The SMILES string of the molecule is NCc1cccc(CCCCCC(=O)Cl)c1. The van der Waals surface area contributed by atoms with Crippen LogP contribution in [0.2, 0.25) is 0 Å². The van der Waals surface area contributed by atoms with Gasteiger partial charge in [0, 0.05) is 13.0 Å². The quantitative estimate of drug-likeness (QED) is 0.587. The molecule has 0 spiro atoms. The molecule has 0 aliphatic carbocycles. The van der Waals surface area contributed by atoms with Gasteiger partial charge in [-0.15, -0.1) is 0 Å². The standard InChI is InChI=1S/C13H18ClNO/c14-13(16)8-3-1-2-5-11-6-4-7-12(9-11)10-15/h4,6-7,9H,1-3,5,8,10,15H2. The maximum Gasteiger partial charge on any atom is 0.221 e. The van der Waals surface area contributed by atoms with Crippen LogP contribution in [-0.2, 0) is 17.8 Å². The summed E-state index contributed by atoms with van der Waals surface area (Å²) >= 11 is 5.26. The second kappa shape index (κ2) is 7.42. The molecule has 3 heteroatoms. The van der Waals surface area contributed by atoms with Crippen LogP contribution in [-0.4, -0.2) is 5.24 Å². The number of unbranched alkanes of at least 4 members (excludes halogenated alkanes) is 2. The zero-order valence-corrected chi connectivity index (χ0v) is 10.2. The summed E-state index contributed by atoms with van der Waals surface area (Å²) < 4.78 is 0. The van der Waals surface area contributed by atoms with Crippen LogP contribution in [0.4, 0.5) is 0 Å². The van der Waals surface area contributed by atoms with E-state index in [0.29, 0.717) is 13.0 Å². The van der Waals surface area contributed by atoms with Gasteiger partial charge < -0.3 is 5.73 Å². The molecular weight excluding hydrogens is 222 g/mol. The smallest absolute Gasteiger partial charge is 0.221 e. The number of nitrogens with two attached hydrogens (primary N) is 1. The van der Waals surface area contributed by atoms with Gasteiger partial charge in [-0.05, 0) is 42.0 Å². The molecule has 2 N–H and O–H groups in total. The first kappa shape index (κ1) is 13.2. The van der Waals surface area contributed by atoms with E-state index in [4.69, 9.17) is 17.3 Å². The topological polar surface area (TPSA) is 43.1 Å². The number of carbonyl (C=O) groups excluding carboxylic acids is 1. The lowest BCUT2D eigenvalue weighted by molar-refractivity contribution is -0.111. The van der Waals surface area contributed by atoms with E-state index < -0.39 is 0 Å². The minimum Gasteiger partial charge on any atom is -0.326 e. The van der Waals surface area contributed by atoms with Crippen LogP contribution in [0.15, 0.2) is 24.3 Å². The Bertz CT molecular complexity index is 338. The largest absolute Gasteiger partial charge is 0.326 e. The fraction of sp³-hybridized carbons (Fsp3) is 0.462. The molecule has 1 aromatic rings. The lowest BCUT2D eigenvalue weighted by atomic mass is 10.0. The molecule has 0 radical (unpaired) electrons. The van der Waals surface area contributed by atoms with E-state index in [-0.39, 0.29) is 5.24 Å². The highest BCUT2D eigenvalue weighted by Gasteiger charge is 1.98. The molecule has 0 amide bonds. The van der Waals surface area contributed by atoms with Crippen molar-refractivity contribution in [3.05, 3.63) is 35.4 Å². The third-order valence-corrected chi connectivity index (χ3v) is 2.75. The Morgan fingerprint density at radius 2 is 1.94 bits per heavy atom. The van der Waals surface area contributed by atoms with Crippen LogP contribution < -0.4 is 5.73 Å². The molecule has 0 heterocycles. The Morgan fingerprint density at radius 3 is 2.62 bits per heavy atom. The number of benzene rings is 1. The first-order chi connectivity index (χ1) is 7.72. The number of aryl methyl sites for hydroxylation is 1. The fourth-order valence-electron chi connectivity index (χ4n) is 1.68. The number of carbonyl (C=O) groups is 1. The Kier molecular flexibility index (Phi) is 6.12. The Hall–Kier alpha value is -0.860. The lowest BCUT2D eigenvalue weighted by Crippen LogP contribution is -1.97. The van der Waals surface area contributed by atoms with E-state index in [2.05, 4.69) is 12.1 Å². The summed E-state index contributed by atoms with van der Waals surface area (Å²) in [5, 5.41) is -0.231. The van der Waals surface area contributed by atoms with Gasteiger partial charge in [-0.3, -0.25) is 4.79 Å². The predicted molar refractivity (Wildman–Crippen MR) is 67.4 cm³/mol. The highest BCUT2D eigenvalue weighted by Crippen LogP contribution is 2.10. The van der Waals surface area contributed by atoms with Gasteiger partial charge in [0.05, 0.1) is 0 Å². The number of hydrogen-bond donors (Lipinski definition) is 1. The highest BCUT2D eigenvalue weighted by molar-refractivity contribution is 6.63. The van der Waals surface area contributed by atoms with Gasteiger partial charge in [0.1, 0.15) is 0 Å². The summed E-state index contributed by atoms with van der Waals surface area (Å²) in [5.74, 6) is 0. The fourth-order valence-corrected chi connectivity index (χ4v) is 1.82. The zero-order valence-electron chi connectivity index (χ0n) is 9.42. The molecule has 88 valence electrons. The summed E-state index contributed by atoms with van der Waals surface area (Å²) in [7, 11) is 0. The van der Waals surface area contributed by atoms with Crippen LogP contribution in [0.3, 0.4) is 0 Å². The molecular formula is C13H18ClNO. The highest BCUT2D eigenvalue weighted by atomic mass is 35.5. The van der Waals surface area contributed by atoms with Crippen LogP contribution >= 0.6 is 11.6 Å². The number of hydrogen-bond acceptors (Lipinski definition) is 2. The van der Waals surface area contributed by atoms with E-state index in [9.17, 15) is 4.79 Å². The molecule has 16 heavy (non-hydrogen) atoms. The van der Waals surface area contributed by atoms with Gasteiger partial charge in [0.25, 0.3) is 0 Å². The number of rotatable bonds is 7. The van der Waals surface area contributed by atoms with Crippen molar-refractivity contribution in [1.82, 2.24) is 0 Å². The van der Waals surface area contributed by atoms with Gasteiger partial charge in [-0.2, -0.15) is 0 Å². The maximum atomic E-state index is 10.5. The third-order valence-electron chi connectivity index (χ3n) is 2.57. The molecule has 0 unspecified atom stereocenters. The Labute approximate surface area is 102 Å². The number of halogens is 1. The predicted octanol–water partition coefficient (Wildman–Crippen LogP) is 3.01. The van der Waals surface area contributed by atoms with Crippen molar-refractivity contribution in [2.45, 2.75) is 38.6 Å². The molecule has 1 aromatic carbocycles. The molecule has 0 aliphatic heterocycles. The normalized spacial score (nSPS) is 10.4.